The summed E-state index contributed by atoms with van der Waals surface area (Å²) < 4.78 is 4.69. The molecule has 0 saturated carbocycles. The molecule has 1 unspecified atom stereocenters. The average Bonchev–Trinajstić information content (AvgIpc) is 3.95. The lowest BCUT2D eigenvalue weighted by atomic mass is 9.92. The third-order valence-corrected chi connectivity index (χ3v) is 13.7. The first-order valence-electron chi connectivity index (χ1n) is 23.8. The molecule has 10 aromatic rings. The summed E-state index contributed by atoms with van der Waals surface area (Å²) in [6.45, 7) is 0. The standard InChI is InChI=1S/C62H46N6/c1-5-19-41(20-6-1)45-37-51(43-23-9-3-10-24-43)63-53(39-45)49-29-17-33-59(65-49)67-55-31-15-13-27-47(55)61-57(67)35-36-58-62(61)48-28-14-16-32-56(48)68(58)60-34-18-30-50(66-60)54-40-46(42-21-7-2-8-22-42)38-52(64-54)44-25-11-4-12-26-44/h1,3-7,9-17,19-25,27-29,31-40,44H,2,8,18,26,30H2. The van der Waals surface area contributed by atoms with Gasteiger partial charge in [0.1, 0.15) is 11.6 Å². The molecule has 0 N–H and O–H groups in total. The molecule has 0 bridgehead atoms. The normalized spacial score (nSPS) is 15.9. The Balaban J connectivity index is 0.961. The Labute approximate surface area is 395 Å². The molecule has 1 aliphatic heterocycles. The Morgan fingerprint density at radius 2 is 1.16 bits per heavy atom. The van der Waals surface area contributed by atoms with Crippen molar-refractivity contribution in [2.45, 2.75) is 38.0 Å². The van der Waals surface area contributed by atoms with Crippen LogP contribution in [0.25, 0.3) is 94.6 Å². The summed E-state index contributed by atoms with van der Waals surface area (Å²) in [6, 6.07) is 58.2. The Hall–Kier alpha value is -8.48. The fraction of sp³-hybridized carbons (Fsp3) is 0.0968. The second-order valence-electron chi connectivity index (χ2n) is 17.9. The predicted octanol–water partition coefficient (Wildman–Crippen LogP) is 15.5. The number of nitrogens with zero attached hydrogens (tertiary/aromatic N) is 6. The van der Waals surface area contributed by atoms with E-state index in [0.29, 0.717) is 0 Å². The van der Waals surface area contributed by atoms with Crippen molar-refractivity contribution in [2.24, 2.45) is 4.99 Å². The van der Waals surface area contributed by atoms with E-state index in [4.69, 9.17) is 19.9 Å². The average molecular weight is 875 g/mol. The van der Waals surface area contributed by atoms with Crippen LogP contribution in [0.5, 0.6) is 0 Å². The molecule has 324 valence electrons. The van der Waals surface area contributed by atoms with Crippen LogP contribution in [0.4, 0.5) is 0 Å². The zero-order valence-electron chi connectivity index (χ0n) is 37.5. The van der Waals surface area contributed by atoms with E-state index in [2.05, 4.69) is 215 Å². The number of hydrogen-bond donors (Lipinski definition) is 0. The Morgan fingerprint density at radius 1 is 0.456 bits per heavy atom. The summed E-state index contributed by atoms with van der Waals surface area (Å²) in [6.07, 6.45) is 22.8. The number of hydrogen-bond acceptors (Lipinski definition) is 4. The van der Waals surface area contributed by atoms with E-state index in [1.165, 1.54) is 32.7 Å². The summed E-state index contributed by atoms with van der Waals surface area (Å²) >= 11 is 0. The Kier molecular flexibility index (Phi) is 9.81. The largest absolute Gasteiger partial charge is 0.294 e. The van der Waals surface area contributed by atoms with Gasteiger partial charge in [-0.3, -0.25) is 14.1 Å². The highest BCUT2D eigenvalue weighted by Gasteiger charge is 2.24. The highest BCUT2D eigenvalue weighted by molar-refractivity contribution is 6.29. The van der Waals surface area contributed by atoms with Crippen molar-refractivity contribution < 1.29 is 0 Å². The molecule has 3 aliphatic rings. The van der Waals surface area contributed by atoms with Crippen LogP contribution in [0.15, 0.2) is 217 Å². The number of aromatic nitrogens is 5. The van der Waals surface area contributed by atoms with Gasteiger partial charge in [-0.25, -0.2) is 15.0 Å². The summed E-state index contributed by atoms with van der Waals surface area (Å²) in [7, 11) is 0. The van der Waals surface area contributed by atoms with E-state index in [-0.39, 0.29) is 5.92 Å². The molecular weight excluding hydrogens is 829 g/mol. The van der Waals surface area contributed by atoms with Gasteiger partial charge >= 0.3 is 0 Å². The monoisotopic (exact) mass is 874 g/mol. The summed E-state index contributed by atoms with van der Waals surface area (Å²) in [5, 5.41) is 4.75. The van der Waals surface area contributed by atoms with Gasteiger partial charge in [-0.2, -0.15) is 0 Å². The first kappa shape index (κ1) is 39.8. The van der Waals surface area contributed by atoms with Crippen LogP contribution in [0.1, 0.15) is 55.0 Å². The van der Waals surface area contributed by atoms with Crippen molar-refractivity contribution in [3.8, 4) is 39.6 Å². The van der Waals surface area contributed by atoms with Gasteiger partial charge in [0.15, 0.2) is 0 Å². The summed E-state index contributed by atoms with van der Waals surface area (Å²) in [5.41, 5.74) is 15.8. The lowest BCUT2D eigenvalue weighted by molar-refractivity contribution is 0.812. The molecule has 0 fully saturated rings. The topological polar surface area (TPSA) is 60.9 Å². The van der Waals surface area contributed by atoms with Gasteiger partial charge in [-0.1, -0.05) is 146 Å². The van der Waals surface area contributed by atoms with Gasteiger partial charge in [-0.15, -0.1) is 0 Å². The number of rotatable bonds is 8. The minimum atomic E-state index is 0.237. The van der Waals surface area contributed by atoms with Crippen LogP contribution < -0.4 is 0 Å². The van der Waals surface area contributed by atoms with E-state index in [1.54, 1.807) is 0 Å². The Bertz CT molecular complexity index is 3760. The quantitative estimate of drug-likeness (QED) is 0.153. The molecule has 13 rings (SSSR count). The van der Waals surface area contributed by atoms with Crippen LogP contribution in [-0.2, 0) is 0 Å². The van der Waals surface area contributed by atoms with Gasteiger partial charge in [0, 0.05) is 38.7 Å². The predicted molar refractivity (Wildman–Crippen MR) is 282 cm³/mol. The van der Waals surface area contributed by atoms with Gasteiger partial charge in [0.25, 0.3) is 0 Å². The molecule has 5 aromatic heterocycles. The fourth-order valence-corrected chi connectivity index (χ4v) is 10.5. The van der Waals surface area contributed by atoms with Crippen molar-refractivity contribution in [1.29, 1.82) is 0 Å². The van der Waals surface area contributed by atoms with Gasteiger partial charge in [0.05, 0.1) is 50.6 Å². The van der Waals surface area contributed by atoms with Crippen LogP contribution in [0.2, 0.25) is 0 Å². The third kappa shape index (κ3) is 6.96. The molecule has 6 heterocycles. The van der Waals surface area contributed by atoms with Crippen molar-refractivity contribution in [1.82, 2.24) is 24.1 Å². The molecule has 5 aromatic carbocycles. The smallest absolute Gasteiger partial charge is 0.138 e. The van der Waals surface area contributed by atoms with Gasteiger partial charge < -0.3 is 0 Å². The zero-order valence-corrected chi connectivity index (χ0v) is 37.5. The summed E-state index contributed by atoms with van der Waals surface area (Å²) in [5.74, 6) is 2.00. The fourth-order valence-electron chi connectivity index (χ4n) is 10.5. The van der Waals surface area contributed by atoms with E-state index in [9.17, 15) is 0 Å². The molecule has 1 atom stereocenters. The van der Waals surface area contributed by atoms with Crippen LogP contribution in [0.3, 0.4) is 0 Å². The number of fused-ring (bicyclic) bond motifs is 7. The van der Waals surface area contributed by atoms with Crippen molar-refractivity contribution in [2.75, 3.05) is 0 Å². The molecule has 6 nitrogen and oxygen atoms in total. The molecule has 68 heavy (non-hydrogen) atoms. The second-order valence-corrected chi connectivity index (χ2v) is 17.9. The van der Waals surface area contributed by atoms with E-state index in [1.807, 2.05) is 6.07 Å². The number of aliphatic imine (C=N–C) groups is 1. The number of pyridine rings is 3. The molecular formula is C62H46N6. The first-order chi connectivity index (χ1) is 33.7. The maximum Gasteiger partial charge on any atom is 0.138 e. The highest BCUT2D eigenvalue weighted by Crippen LogP contribution is 2.43. The molecule has 0 spiro atoms. The number of allylic oxidation sites excluding steroid dienone is 9. The van der Waals surface area contributed by atoms with Gasteiger partial charge in [-0.05, 0) is 121 Å². The van der Waals surface area contributed by atoms with Crippen LogP contribution >= 0.6 is 0 Å². The van der Waals surface area contributed by atoms with E-state index >= 15 is 0 Å². The lowest BCUT2D eigenvalue weighted by Crippen LogP contribution is -2.13. The number of benzene rings is 5. The molecule has 0 radical (unpaired) electrons. The minimum absolute atomic E-state index is 0.237. The third-order valence-electron chi connectivity index (χ3n) is 13.7. The SMILES string of the molecule is C1=CCC(c2cc(C3=CCCC=C3)cc(C3=NC(n4c5ccccc5c5c6c7ccccc7n(-c7cccc(-c8cc(-c9ccccc9)cc(-c9ccccc9)n8)n7)c6ccc54)=CCC3)n2)C=C1. The second kappa shape index (κ2) is 16.7. The highest BCUT2D eigenvalue weighted by atomic mass is 15.1. The molecule has 0 saturated heterocycles. The molecule has 2 aliphatic carbocycles. The van der Waals surface area contributed by atoms with E-state index in [0.717, 1.165) is 117 Å². The molecule has 6 heteroatoms. The zero-order chi connectivity index (χ0) is 45.0. The van der Waals surface area contributed by atoms with E-state index < -0.39 is 0 Å². The first-order valence-corrected chi connectivity index (χ1v) is 23.8. The Morgan fingerprint density at radius 3 is 1.91 bits per heavy atom. The maximum atomic E-state index is 5.54. The minimum Gasteiger partial charge on any atom is -0.294 e. The van der Waals surface area contributed by atoms with Crippen molar-refractivity contribution >= 4 is 60.7 Å². The maximum absolute atomic E-state index is 5.54. The van der Waals surface area contributed by atoms with Crippen LogP contribution in [-0.4, -0.2) is 29.8 Å². The number of para-hydroxylation sites is 2. The van der Waals surface area contributed by atoms with Crippen molar-refractivity contribution in [3.05, 3.63) is 229 Å². The molecule has 0 amide bonds. The summed E-state index contributed by atoms with van der Waals surface area (Å²) in [4.78, 5) is 21.6. The lowest BCUT2D eigenvalue weighted by Gasteiger charge is -2.19. The van der Waals surface area contributed by atoms with Crippen molar-refractivity contribution in [3.63, 3.8) is 0 Å². The van der Waals surface area contributed by atoms with Crippen LogP contribution in [0, 0.1) is 0 Å². The van der Waals surface area contributed by atoms with Gasteiger partial charge in [0.2, 0.25) is 0 Å².